The molecule has 0 aromatic heterocycles. The van der Waals surface area contributed by atoms with E-state index < -0.39 is 6.10 Å². The minimum absolute atomic E-state index is 0.117. The molecule has 1 aromatic rings. The minimum Gasteiger partial charge on any atom is -0.479 e. The van der Waals surface area contributed by atoms with E-state index in [4.69, 9.17) is 10.5 Å². The van der Waals surface area contributed by atoms with E-state index in [1.807, 2.05) is 25.2 Å². The number of likely N-dealkylation sites (N-methyl/N-ethyl adjacent to an activating group) is 1. The summed E-state index contributed by atoms with van der Waals surface area (Å²) in [6, 6.07) is 5.99. The van der Waals surface area contributed by atoms with Crippen molar-refractivity contribution in [2.24, 2.45) is 5.73 Å². The fourth-order valence-corrected chi connectivity index (χ4v) is 1.83. The zero-order valence-electron chi connectivity index (χ0n) is 10.9. The average Bonchev–Trinajstić information content (AvgIpc) is 2.37. The number of nitrogens with two attached hydrogens (primary N) is 1. The maximum absolute atomic E-state index is 11.6. The summed E-state index contributed by atoms with van der Waals surface area (Å²) in [4.78, 5) is 13.6. The van der Waals surface area contributed by atoms with E-state index in [2.05, 4.69) is 17.1 Å². The van der Waals surface area contributed by atoms with E-state index in [0.717, 1.165) is 5.69 Å². The lowest BCUT2D eigenvalue weighted by molar-refractivity contribution is -0.122. The van der Waals surface area contributed by atoms with Crippen LogP contribution in [0.1, 0.15) is 13.8 Å². The predicted octanol–water partition coefficient (Wildman–Crippen LogP) is 1.19. The molecule has 1 aromatic carbocycles. The third-order valence-electron chi connectivity index (χ3n) is 3.30. The molecule has 0 saturated carbocycles. The number of benzene rings is 1. The van der Waals surface area contributed by atoms with Crippen LogP contribution in [0.3, 0.4) is 0 Å². The average molecular weight is 249 g/mol. The van der Waals surface area contributed by atoms with Crippen LogP contribution in [0.25, 0.3) is 0 Å². The van der Waals surface area contributed by atoms with Gasteiger partial charge in [0, 0.05) is 25.3 Å². The summed E-state index contributed by atoms with van der Waals surface area (Å²) in [5.74, 6) is 0.592. The van der Waals surface area contributed by atoms with Crippen molar-refractivity contribution >= 4 is 17.3 Å². The fourth-order valence-electron chi connectivity index (χ4n) is 1.83. The molecule has 1 aliphatic heterocycles. The van der Waals surface area contributed by atoms with Crippen molar-refractivity contribution in [2.45, 2.75) is 26.0 Å². The molecule has 1 aliphatic rings. The zero-order chi connectivity index (χ0) is 13.3. The van der Waals surface area contributed by atoms with Gasteiger partial charge in [-0.25, -0.2) is 0 Å². The maximum Gasteiger partial charge on any atom is 0.265 e. The molecule has 2 unspecified atom stereocenters. The molecule has 1 heterocycles. The Morgan fingerprint density at radius 3 is 2.94 bits per heavy atom. The van der Waals surface area contributed by atoms with Crippen LogP contribution in [0.5, 0.6) is 5.75 Å². The van der Waals surface area contributed by atoms with Gasteiger partial charge in [-0.2, -0.15) is 0 Å². The highest BCUT2D eigenvalue weighted by Gasteiger charge is 2.24. The van der Waals surface area contributed by atoms with Crippen molar-refractivity contribution in [2.75, 3.05) is 23.8 Å². The topological polar surface area (TPSA) is 67.6 Å². The molecule has 0 bridgehead atoms. The van der Waals surface area contributed by atoms with Crippen molar-refractivity contribution in [3.05, 3.63) is 18.2 Å². The molecule has 2 atom stereocenters. The van der Waals surface area contributed by atoms with E-state index in [-0.39, 0.29) is 11.9 Å². The second-order valence-electron chi connectivity index (χ2n) is 4.63. The highest BCUT2D eigenvalue weighted by Crippen LogP contribution is 2.33. The Hall–Kier alpha value is -1.75. The van der Waals surface area contributed by atoms with Crippen LogP contribution in [0.15, 0.2) is 18.2 Å². The van der Waals surface area contributed by atoms with Gasteiger partial charge in [0.15, 0.2) is 6.10 Å². The van der Waals surface area contributed by atoms with Crippen LogP contribution in [-0.4, -0.2) is 31.6 Å². The van der Waals surface area contributed by atoms with Crippen molar-refractivity contribution < 1.29 is 9.53 Å². The molecule has 5 nitrogen and oxygen atoms in total. The highest BCUT2D eigenvalue weighted by atomic mass is 16.5. The van der Waals surface area contributed by atoms with Crippen LogP contribution >= 0.6 is 0 Å². The lowest BCUT2D eigenvalue weighted by atomic mass is 10.1. The molecular formula is C13H19N3O2. The van der Waals surface area contributed by atoms with Crippen LogP contribution in [0.4, 0.5) is 11.4 Å². The number of fused-ring (bicyclic) bond motifs is 1. The van der Waals surface area contributed by atoms with E-state index in [0.29, 0.717) is 18.0 Å². The number of nitrogens with one attached hydrogen (secondary N) is 1. The Bertz CT molecular complexity index is 462. The monoisotopic (exact) mass is 249 g/mol. The Morgan fingerprint density at radius 1 is 1.56 bits per heavy atom. The lowest BCUT2D eigenvalue weighted by Gasteiger charge is -2.29. The molecule has 0 fully saturated rings. The molecule has 98 valence electrons. The fraction of sp³-hybridized carbons (Fsp3) is 0.462. The molecule has 3 N–H and O–H groups in total. The number of amides is 1. The molecule has 1 amide bonds. The normalized spacial score (nSPS) is 19.6. The molecule has 5 heteroatoms. The third kappa shape index (κ3) is 2.26. The van der Waals surface area contributed by atoms with Gasteiger partial charge in [0.05, 0.1) is 5.69 Å². The van der Waals surface area contributed by atoms with Gasteiger partial charge in [-0.1, -0.05) is 0 Å². The first-order chi connectivity index (χ1) is 8.52. The molecule has 0 aliphatic carbocycles. The molecule has 0 radical (unpaired) electrons. The summed E-state index contributed by atoms with van der Waals surface area (Å²) in [6.45, 7) is 4.36. The Labute approximate surface area is 107 Å². The molecule has 18 heavy (non-hydrogen) atoms. The first kappa shape index (κ1) is 12.7. The summed E-state index contributed by atoms with van der Waals surface area (Å²) >= 11 is 0. The quantitative estimate of drug-likeness (QED) is 0.844. The summed E-state index contributed by atoms with van der Waals surface area (Å²) in [6.07, 6.45) is -0.441. The summed E-state index contributed by atoms with van der Waals surface area (Å²) < 4.78 is 5.51. The molecule has 0 spiro atoms. The van der Waals surface area contributed by atoms with E-state index in [9.17, 15) is 4.79 Å². The van der Waals surface area contributed by atoms with Crippen molar-refractivity contribution in [1.82, 2.24) is 0 Å². The number of hydrogen-bond donors (Lipinski definition) is 2. The number of hydrogen-bond acceptors (Lipinski definition) is 4. The van der Waals surface area contributed by atoms with Gasteiger partial charge in [0.2, 0.25) is 0 Å². The Balaban J connectivity index is 2.27. The van der Waals surface area contributed by atoms with Gasteiger partial charge in [-0.15, -0.1) is 0 Å². The molecule has 2 rings (SSSR count). The van der Waals surface area contributed by atoms with Gasteiger partial charge < -0.3 is 20.7 Å². The SMILES string of the molecule is CC1Oc2ccc(N(C)C(C)CN)cc2NC1=O. The summed E-state index contributed by atoms with van der Waals surface area (Å²) in [5, 5.41) is 2.84. The summed E-state index contributed by atoms with van der Waals surface area (Å²) in [5.41, 5.74) is 7.37. The van der Waals surface area contributed by atoms with Gasteiger partial charge in [0.1, 0.15) is 5.75 Å². The molecular weight excluding hydrogens is 230 g/mol. The van der Waals surface area contributed by atoms with Gasteiger partial charge in [-0.05, 0) is 32.0 Å². The Morgan fingerprint density at radius 2 is 2.28 bits per heavy atom. The second kappa shape index (κ2) is 4.86. The number of rotatable bonds is 3. The van der Waals surface area contributed by atoms with Crippen LogP contribution in [-0.2, 0) is 4.79 Å². The smallest absolute Gasteiger partial charge is 0.265 e. The first-order valence-electron chi connectivity index (χ1n) is 6.07. The largest absolute Gasteiger partial charge is 0.479 e. The van der Waals surface area contributed by atoms with Crippen molar-refractivity contribution in [1.29, 1.82) is 0 Å². The van der Waals surface area contributed by atoms with E-state index in [1.165, 1.54) is 0 Å². The standard InChI is InChI=1S/C13H19N3O2/c1-8(7-14)16(3)10-4-5-12-11(6-10)15-13(17)9(2)18-12/h4-6,8-9H,7,14H2,1-3H3,(H,15,17). The Kier molecular flexibility index (Phi) is 3.43. The number of carbonyl (C=O) groups is 1. The number of carbonyl (C=O) groups excluding carboxylic acids is 1. The number of ether oxygens (including phenoxy) is 1. The van der Waals surface area contributed by atoms with Crippen molar-refractivity contribution in [3.63, 3.8) is 0 Å². The van der Waals surface area contributed by atoms with Gasteiger partial charge in [-0.3, -0.25) is 4.79 Å². The number of anilines is 2. The highest BCUT2D eigenvalue weighted by molar-refractivity contribution is 5.98. The van der Waals surface area contributed by atoms with Crippen LogP contribution in [0.2, 0.25) is 0 Å². The zero-order valence-corrected chi connectivity index (χ0v) is 10.9. The molecule has 0 saturated heterocycles. The van der Waals surface area contributed by atoms with Crippen LogP contribution < -0.4 is 20.7 Å². The van der Waals surface area contributed by atoms with E-state index in [1.54, 1.807) is 6.92 Å². The number of nitrogens with zero attached hydrogens (tertiary/aromatic N) is 1. The van der Waals surface area contributed by atoms with Gasteiger partial charge >= 0.3 is 0 Å². The second-order valence-corrected chi connectivity index (χ2v) is 4.63. The minimum atomic E-state index is -0.441. The third-order valence-corrected chi connectivity index (χ3v) is 3.30. The van der Waals surface area contributed by atoms with E-state index >= 15 is 0 Å². The summed E-state index contributed by atoms with van der Waals surface area (Å²) in [7, 11) is 1.98. The first-order valence-corrected chi connectivity index (χ1v) is 6.07. The van der Waals surface area contributed by atoms with Gasteiger partial charge in [0.25, 0.3) is 5.91 Å². The lowest BCUT2D eigenvalue weighted by Crippen LogP contribution is -2.36. The van der Waals surface area contributed by atoms with Crippen LogP contribution in [0, 0.1) is 0 Å². The predicted molar refractivity (Wildman–Crippen MR) is 72.1 cm³/mol. The maximum atomic E-state index is 11.6. The van der Waals surface area contributed by atoms with Crippen molar-refractivity contribution in [3.8, 4) is 5.75 Å².